The van der Waals surface area contributed by atoms with E-state index in [1.54, 1.807) is 0 Å². The van der Waals surface area contributed by atoms with Crippen molar-refractivity contribution in [3.63, 3.8) is 0 Å². The van der Waals surface area contributed by atoms with Crippen molar-refractivity contribution in [1.29, 1.82) is 0 Å². The number of hydrogen-bond acceptors (Lipinski definition) is 0. The summed E-state index contributed by atoms with van der Waals surface area (Å²) < 4.78 is 0. The van der Waals surface area contributed by atoms with E-state index in [0.29, 0.717) is 0 Å². The van der Waals surface area contributed by atoms with Crippen molar-refractivity contribution in [2.45, 2.75) is 0 Å². The van der Waals surface area contributed by atoms with E-state index in [-0.39, 0.29) is 323 Å². The minimum Gasteiger partial charge on any atom is -2.00 e. The maximum atomic E-state index is 0. The van der Waals surface area contributed by atoms with E-state index in [9.17, 15) is 0 Å². The molecule has 0 fully saturated rings. The molecule has 0 rings (SSSR count). The van der Waals surface area contributed by atoms with Crippen LogP contribution in [-0.4, -0.2) is 0 Å². The summed E-state index contributed by atoms with van der Waals surface area (Å²) in [7, 11) is 0. The fourth-order valence-electron chi connectivity index (χ4n) is 0. The first kappa shape index (κ1) is 103. The van der Waals surface area contributed by atoms with Gasteiger partial charge in [-0.3, -0.25) is 0 Å². The van der Waals surface area contributed by atoms with Gasteiger partial charge in [-0.25, -0.2) is 0 Å². The largest absolute Gasteiger partial charge is 2.00 e. The molecule has 0 aliphatic heterocycles. The van der Waals surface area contributed by atoms with Gasteiger partial charge >= 0.3 is 301 Å². The third kappa shape index (κ3) is 75.4. The van der Waals surface area contributed by atoms with Crippen LogP contribution in [0.4, 0.5) is 0 Å². The van der Waals surface area contributed by atoms with Crippen LogP contribution in [0.15, 0.2) is 0 Å². The molecule has 0 unspecified atom stereocenters. The molecule has 0 spiro atoms. The second-order valence-electron chi connectivity index (χ2n) is 0. The predicted molar refractivity (Wildman–Crippen MR) is 2.75 cm³/mol. The Morgan fingerprint density at radius 3 is 0.250 bits per heavy atom. The summed E-state index contributed by atoms with van der Waals surface area (Å²) in [6.07, 6.45) is 0. The molecule has 0 aromatic rings. The summed E-state index contributed by atoms with van der Waals surface area (Å²) in [5, 5.41) is 0. The quantitative estimate of drug-likeness (QED) is 0.230. The van der Waals surface area contributed by atoms with Crippen molar-refractivity contribution < 1.29 is 323 Å². The smallest absolute Gasteiger partial charge is 1.00 e. The van der Waals surface area contributed by atoms with Gasteiger partial charge in [-0.1, -0.05) is 0 Å². The van der Waals surface area contributed by atoms with Crippen molar-refractivity contribution in [3.8, 4) is 0 Å². The van der Waals surface area contributed by atoms with E-state index in [4.69, 9.17) is 0 Å². The third-order valence-corrected chi connectivity index (χ3v) is 0. The van der Waals surface area contributed by atoms with Crippen molar-refractivity contribution in [1.82, 2.24) is 0 Å². The molecule has 0 atom stereocenters. The molecular weight excluding hydrogens is 660 g/mol. The topological polar surface area (TPSA) is 114 Å². The monoisotopic (exact) mass is 655 g/mol. The minimum atomic E-state index is 0. The molecule has 0 aliphatic carbocycles. The van der Waals surface area contributed by atoms with E-state index in [0.717, 1.165) is 0 Å². The first-order valence-electron chi connectivity index (χ1n) is 0. The molecule has 0 saturated heterocycles. The van der Waals surface area contributed by atoms with Crippen molar-refractivity contribution in [2.75, 3.05) is 0 Å². The Kier molecular flexibility index (Phi) is 756. The number of hydrogen-bond donors (Lipinski definition) is 0. The minimum absolute atomic E-state index is 0. The molecule has 0 N–H and O–H groups in total. The maximum Gasteiger partial charge on any atom is 1.00 e. The number of rotatable bonds is 0. The zero-order valence-electron chi connectivity index (χ0n) is 6.84. The van der Waals surface area contributed by atoms with Crippen LogP contribution in [0.25, 0.3) is 0 Å². The van der Waals surface area contributed by atoms with E-state index < -0.39 is 0 Å². The third-order valence-electron chi connectivity index (χ3n) is 0. The molecule has 0 heterocycles. The second kappa shape index (κ2) is 88.3. The average Bonchev–Trinajstić information content (AvgIpc) is 0. The van der Waals surface area contributed by atoms with Crippen LogP contribution < -0.4 is 233 Å². The normalized spacial score (nSPS) is 0. The molecule has 12 heavy (non-hydrogen) atoms. The summed E-state index contributed by atoms with van der Waals surface area (Å²) in [6, 6.07) is 0. The van der Waals surface area contributed by atoms with E-state index in [2.05, 4.69) is 0 Å². The zero-order chi connectivity index (χ0) is 0. The van der Waals surface area contributed by atoms with Crippen molar-refractivity contribution in [3.05, 3.63) is 0 Å². The Balaban J connectivity index is 0. The summed E-state index contributed by atoms with van der Waals surface area (Å²) in [6.45, 7) is 0. The van der Waals surface area contributed by atoms with Gasteiger partial charge < -0.3 is 21.9 Å². The molecule has 0 aromatic heterocycles. The van der Waals surface area contributed by atoms with Gasteiger partial charge in [-0.2, -0.15) is 0 Å². The van der Waals surface area contributed by atoms with Crippen LogP contribution in [-0.2, 0) is 90.2 Å². The maximum absolute atomic E-state index is 0. The standard InChI is InChI=1S/4Cu.4O.4Rb/q4*+1;4*-2;4*+1. The van der Waals surface area contributed by atoms with E-state index >= 15 is 0 Å². The van der Waals surface area contributed by atoms with Crippen LogP contribution >= 0.6 is 0 Å². The Hall–Kier alpha value is 9.14. The zero-order valence-corrected chi connectivity index (χ0v) is 30.3. The van der Waals surface area contributed by atoms with Crippen LogP contribution in [0.3, 0.4) is 0 Å². The Morgan fingerprint density at radius 2 is 0.250 bits per heavy atom. The van der Waals surface area contributed by atoms with Crippen LogP contribution in [0, 0.1) is 0 Å². The fourth-order valence-corrected chi connectivity index (χ4v) is 0. The Bertz CT molecular complexity index is 19.0. The van der Waals surface area contributed by atoms with E-state index in [1.807, 2.05) is 0 Å². The molecule has 4 nitrogen and oxygen atoms in total. The average molecular weight is 660 g/mol. The molecule has 0 aromatic carbocycles. The van der Waals surface area contributed by atoms with Crippen LogP contribution in [0.5, 0.6) is 0 Å². The molecule has 12 heteroatoms. The molecule has 0 saturated carbocycles. The van der Waals surface area contributed by atoms with Gasteiger partial charge in [0, 0.05) is 0 Å². The summed E-state index contributed by atoms with van der Waals surface area (Å²) in [4.78, 5) is 0. The van der Waals surface area contributed by atoms with Gasteiger partial charge in [-0.05, 0) is 0 Å². The summed E-state index contributed by atoms with van der Waals surface area (Å²) in [5.41, 5.74) is 0. The van der Waals surface area contributed by atoms with Gasteiger partial charge in [0.15, 0.2) is 0 Å². The first-order valence-corrected chi connectivity index (χ1v) is 0. The van der Waals surface area contributed by atoms with Crippen LogP contribution in [0.1, 0.15) is 0 Å². The second-order valence-corrected chi connectivity index (χ2v) is 0. The summed E-state index contributed by atoms with van der Waals surface area (Å²) >= 11 is 0. The molecular formula is Cu4O4Rb4. The van der Waals surface area contributed by atoms with E-state index in [1.165, 1.54) is 0 Å². The molecule has 0 radical (unpaired) electrons. The van der Waals surface area contributed by atoms with Crippen molar-refractivity contribution >= 4 is 0 Å². The molecule has 0 bridgehead atoms. The SMILES string of the molecule is [Cu+].[Cu+].[Cu+].[Cu+].[O-2].[O-2].[O-2].[O-2].[Rb+].[Rb+].[Rb+].[Rb+]. The van der Waals surface area contributed by atoms with Gasteiger partial charge in [0.2, 0.25) is 0 Å². The first-order chi connectivity index (χ1) is 0. The Morgan fingerprint density at radius 1 is 0.250 bits per heavy atom. The molecule has 0 amide bonds. The van der Waals surface area contributed by atoms with Crippen molar-refractivity contribution in [2.24, 2.45) is 0 Å². The summed E-state index contributed by atoms with van der Waals surface area (Å²) in [5.74, 6) is 0. The van der Waals surface area contributed by atoms with Gasteiger partial charge in [0.05, 0.1) is 0 Å². The van der Waals surface area contributed by atoms with Gasteiger partial charge in [0.25, 0.3) is 0 Å². The fraction of sp³-hybridized carbons (Fsp3) is 0. The van der Waals surface area contributed by atoms with Gasteiger partial charge in [0.1, 0.15) is 0 Å². The molecule has 72 valence electrons. The molecule has 0 aliphatic rings. The van der Waals surface area contributed by atoms with Crippen LogP contribution in [0.2, 0.25) is 0 Å². The van der Waals surface area contributed by atoms with Gasteiger partial charge in [-0.15, -0.1) is 0 Å². The Labute approximate surface area is 311 Å². The predicted octanol–water partition coefficient (Wildman–Crippen LogP) is -12.5.